The molecule has 0 saturated heterocycles. The third-order valence-corrected chi connectivity index (χ3v) is 1.81. The number of amides is 1. The van der Waals surface area contributed by atoms with Crippen LogP contribution >= 0.6 is 0 Å². The highest BCUT2D eigenvalue weighted by Crippen LogP contribution is 2.09. The van der Waals surface area contributed by atoms with Gasteiger partial charge in [-0.2, -0.15) is 0 Å². The summed E-state index contributed by atoms with van der Waals surface area (Å²) in [4.78, 5) is 10.9. The van der Waals surface area contributed by atoms with Crippen molar-refractivity contribution in [2.45, 2.75) is 6.42 Å². The molecule has 1 radical (unpaired) electrons. The van der Waals surface area contributed by atoms with E-state index < -0.39 is 0 Å². The fourth-order valence-electron chi connectivity index (χ4n) is 1.08. The highest BCUT2D eigenvalue weighted by molar-refractivity contribution is 5.92. The molecule has 0 heterocycles. The molecule has 0 atom stereocenters. The van der Waals surface area contributed by atoms with Crippen molar-refractivity contribution >= 4 is 11.6 Å². The lowest BCUT2D eigenvalue weighted by atomic mass is 10.1. The van der Waals surface area contributed by atoms with Gasteiger partial charge in [0, 0.05) is 5.69 Å². The van der Waals surface area contributed by atoms with Gasteiger partial charge in [-0.05, 0) is 24.1 Å². The minimum absolute atomic E-state index is 0.0255. The molecule has 4 heteroatoms. The molecular formula is C10H13N2O2. The molecule has 75 valence electrons. The number of hydrogen-bond donors (Lipinski definition) is 2. The second-order valence-electron chi connectivity index (χ2n) is 2.90. The maximum Gasteiger partial charge on any atom is 0.238 e. The van der Waals surface area contributed by atoms with Gasteiger partial charge < -0.3 is 11.1 Å². The Hall–Kier alpha value is -1.39. The minimum Gasteiger partial charge on any atom is -0.325 e. The molecule has 4 nitrogen and oxygen atoms in total. The van der Waals surface area contributed by atoms with Gasteiger partial charge in [0.05, 0.1) is 13.2 Å². The molecule has 0 fully saturated rings. The fourth-order valence-corrected chi connectivity index (χ4v) is 1.08. The number of hydrogen-bond acceptors (Lipinski definition) is 2. The zero-order valence-corrected chi connectivity index (χ0v) is 7.82. The monoisotopic (exact) mass is 193 g/mol. The Morgan fingerprint density at radius 3 is 2.43 bits per heavy atom. The largest absolute Gasteiger partial charge is 0.325 e. The highest BCUT2D eigenvalue weighted by Gasteiger charge is 1.98. The van der Waals surface area contributed by atoms with E-state index in [9.17, 15) is 9.90 Å². The topological polar surface area (TPSA) is 75.0 Å². The Bertz CT molecular complexity index is 295. The summed E-state index contributed by atoms with van der Waals surface area (Å²) in [5.41, 5.74) is 6.83. The summed E-state index contributed by atoms with van der Waals surface area (Å²) in [5, 5.41) is 12.9. The Balaban J connectivity index is 2.59. The van der Waals surface area contributed by atoms with Crippen LogP contribution in [0.5, 0.6) is 0 Å². The first-order chi connectivity index (χ1) is 6.76. The molecule has 0 spiro atoms. The number of anilines is 1. The van der Waals surface area contributed by atoms with Crippen molar-refractivity contribution in [1.82, 2.24) is 0 Å². The van der Waals surface area contributed by atoms with Crippen LogP contribution in [-0.4, -0.2) is 19.1 Å². The number of nitrogens with two attached hydrogens (primary N) is 1. The van der Waals surface area contributed by atoms with Crippen molar-refractivity contribution in [3.8, 4) is 0 Å². The summed E-state index contributed by atoms with van der Waals surface area (Å²) in [6.07, 6.45) is 0.519. The average molecular weight is 193 g/mol. The predicted octanol–water partition coefficient (Wildman–Crippen LogP) is 0.557. The van der Waals surface area contributed by atoms with Gasteiger partial charge >= 0.3 is 0 Å². The summed E-state index contributed by atoms with van der Waals surface area (Å²) < 4.78 is 0. The zero-order chi connectivity index (χ0) is 10.4. The van der Waals surface area contributed by atoms with E-state index in [0.717, 1.165) is 5.56 Å². The second kappa shape index (κ2) is 5.36. The molecule has 0 aliphatic rings. The van der Waals surface area contributed by atoms with Gasteiger partial charge in [-0.3, -0.25) is 4.79 Å². The molecule has 0 aliphatic heterocycles. The van der Waals surface area contributed by atoms with Crippen LogP contribution in [0.15, 0.2) is 24.3 Å². The summed E-state index contributed by atoms with van der Waals surface area (Å²) in [6, 6.07) is 7.17. The van der Waals surface area contributed by atoms with Gasteiger partial charge in [-0.25, -0.2) is 5.11 Å². The van der Waals surface area contributed by atoms with Crippen LogP contribution in [0.2, 0.25) is 0 Å². The van der Waals surface area contributed by atoms with Gasteiger partial charge in [-0.1, -0.05) is 12.1 Å². The molecule has 1 aromatic rings. The van der Waals surface area contributed by atoms with E-state index in [1.54, 1.807) is 12.1 Å². The van der Waals surface area contributed by atoms with Crippen LogP contribution < -0.4 is 11.1 Å². The second-order valence-corrected chi connectivity index (χ2v) is 2.90. The summed E-state index contributed by atoms with van der Waals surface area (Å²) in [6.45, 7) is -0.142. The SMILES string of the molecule is NCC(=O)Nc1ccc(CC[O])cc1. The van der Waals surface area contributed by atoms with Gasteiger partial charge in [0.1, 0.15) is 0 Å². The number of nitrogens with one attached hydrogen (secondary N) is 1. The molecular weight excluding hydrogens is 180 g/mol. The van der Waals surface area contributed by atoms with Crippen LogP contribution in [0.4, 0.5) is 5.69 Å². The van der Waals surface area contributed by atoms with E-state index >= 15 is 0 Å². The molecule has 1 rings (SSSR count). The Labute approximate surface area is 82.7 Å². The molecule has 0 saturated carbocycles. The standard InChI is InChI=1S/C10H13N2O2/c11-7-10(14)12-9-3-1-8(2-4-9)5-6-13/h1-4H,5-7,11H2,(H,12,14). The van der Waals surface area contributed by atoms with Crippen LogP contribution in [0.25, 0.3) is 0 Å². The number of benzene rings is 1. The Morgan fingerprint density at radius 2 is 1.93 bits per heavy atom. The Morgan fingerprint density at radius 1 is 1.29 bits per heavy atom. The summed E-state index contributed by atoms with van der Waals surface area (Å²) in [7, 11) is 0. The quantitative estimate of drug-likeness (QED) is 0.733. The average Bonchev–Trinajstić information content (AvgIpc) is 2.21. The van der Waals surface area contributed by atoms with E-state index in [-0.39, 0.29) is 19.1 Å². The molecule has 0 aromatic heterocycles. The van der Waals surface area contributed by atoms with Crippen LogP contribution in [0, 0.1) is 0 Å². The maximum absolute atomic E-state index is 10.9. The van der Waals surface area contributed by atoms with Crippen molar-refractivity contribution in [2.75, 3.05) is 18.5 Å². The molecule has 0 unspecified atom stereocenters. The van der Waals surface area contributed by atoms with Gasteiger partial charge in [-0.15, -0.1) is 0 Å². The van der Waals surface area contributed by atoms with Crippen molar-refractivity contribution in [3.05, 3.63) is 29.8 Å². The molecule has 0 aliphatic carbocycles. The molecule has 0 bridgehead atoms. The number of carbonyl (C=O) groups excluding carboxylic acids is 1. The van der Waals surface area contributed by atoms with Crippen molar-refractivity contribution in [1.29, 1.82) is 0 Å². The highest BCUT2D eigenvalue weighted by atomic mass is 16.2. The van der Waals surface area contributed by atoms with E-state index in [1.807, 2.05) is 12.1 Å². The van der Waals surface area contributed by atoms with Crippen molar-refractivity contribution in [3.63, 3.8) is 0 Å². The van der Waals surface area contributed by atoms with Gasteiger partial charge in [0.2, 0.25) is 5.91 Å². The predicted molar refractivity (Wildman–Crippen MR) is 53.4 cm³/mol. The van der Waals surface area contributed by atoms with E-state index in [4.69, 9.17) is 5.73 Å². The van der Waals surface area contributed by atoms with E-state index in [2.05, 4.69) is 5.32 Å². The molecule has 1 amide bonds. The summed E-state index contributed by atoms with van der Waals surface area (Å²) in [5.74, 6) is -0.221. The third kappa shape index (κ3) is 3.16. The summed E-state index contributed by atoms with van der Waals surface area (Å²) >= 11 is 0. The van der Waals surface area contributed by atoms with Gasteiger partial charge in [0.15, 0.2) is 0 Å². The Kier molecular flexibility index (Phi) is 4.10. The molecule has 1 aromatic carbocycles. The van der Waals surface area contributed by atoms with Crippen LogP contribution in [0.3, 0.4) is 0 Å². The third-order valence-electron chi connectivity index (χ3n) is 1.81. The zero-order valence-electron chi connectivity index (χ0n) is 7.82. The molecule has 3 N–H and O–H groups in total. The first kappa shape index (κ1) is 10.7. The number of rotatable bonds is 4. The van der Waals surface area contributed by atoms with Crippen molar-refractivity contribution in [2.24, 2.45) is 5.73 Å². The maximum atomic E-state index is 10.9. The molecule has 14 heavy (non-hydrogen) atoms. The fraction of sp³-hybridized carbons (Fsp3) is 0.300. The van der Waals surface area contributed by atoms with Crippen LogP contribution in [0.1, 0.15) is 5.56 Å². The van der Waals surface area contributed by atoms with Gasteiger partial charge in [0.25, 0.3) is 0 Å². The first-order valence-corrected chi connectivity index (χ1v) is 4.43. The van der Waals surface area contributed by atoms with E-state index in [1.165, 1.54) is 0 Å². The minimum atomic E-state index is -0.221. The normalized spacial score (nSPS) is 9.86. The van der Waals surface area contributed by atoms with Crippen molar-refractivity contribution < 1.29 is 9.90 Å². The lowest BCUT2D eigenvalue weighted by molar-refractivity contribution is -0.114. The lowest BCUT2D eigenvalue weighted by Crippen LogP contribution is -2.21. The van der Waals surface area contributed by atoms with E-state index in [0.29, 0.717) is 12.1 Å². The smallest absolute Gasteiger partial charge is 0.238 e. The van der Waals surface area contributed by atoms with Crippen LogP contribution in [-0.2, 0) is 16.3 Å². The lowest BCUT2D eigenvalue weighted by Gasteiger charge is -2.04. The number of carbonyl (C=O) groups is 1. The first-order valence-electron chi connectivity index (χ1n) is 4.43.